The van der Waals surface area contributed by atoms with Crippen molar-refractivity contribution in [3.8, 4) is 0 Å². The molecule has 0 nitrogen and oxygen atoms in total. The van der Waals surface area contributed by atoms with Gasteiger partial charge in [-0.3, -0.25) is 0 Å². The van der Waals surface area contributed by atoms with Crippen LogP contribution in [0.25, 0.3) is 0 Å². The van der Waals surface area contributed by atoms with Crippen molar-refractivity contribution in [2.45, 2.75) is 45.6 Å². The van der Waals surface area contributed by atoms with Gasteiger partial charge in [-0.15, -0.1) is 0 Å². The molecule has 1 aromatic rings. The van der Waals surface area contributed by atoms with Crippen molar-refractivity contribution in [1.29, 1.82) is 0 Å². The lowest BCUT2D eigenvalue weighted by atomic mass is 10.4. The molecule has 15 heavy (non-hydrogen) atoms. The summed E-state index contributed by atoms with van der Waals surface area (Å²) in [4.78, 5) is 0. The molecule has 0 spiro atoms. The molecule has 0 aliphatic carbocycles. The molecule has 2 heteroatoms. The lowest BCUT2D eigenvalue weighted by molar-refractivity contribution is 1.05. The van der Waals surface area contributed by atoms with Gasteiger partial charge in [-0.2, -0.15) is 0 Å². The molecule has 0 fully saturated rings. The average molecular weight is 237 g/mol. The summed E-state index contributed by atoms with van der Waals surface area (Å²) in [6.07, 6.45) is 1.32. The second-order valence-electron chi connectivity index (χ2n) is 5.41. The first-order valence-corrected chi connectivity index (χ1v) is 12.2. The highest BCUT2D eigenvalue weighted by atomic mass is 28.3. The van der Waals surface area contributed by atoms with Crippen LogP contribution in [0.1, 0.15) is 13.3 Å². The second kappa shape index (κ2) is 5.12. The number of hydrogen-bond acceptors (Lipinski definition) is 0. The maximum absolute atomic E-state index is 2.48. The monoisotopic (exact) mass is 236 g/mol. The third-order valence-corrected chi connectivity index (χ3v) is 8.60. The molecule has 0 bridgehead atoms. The largest absolute Gasteiger partial charge is 0.0806 e. The van der Waals surface area contributed by atoms with E-state index in [0.717, 1.165) is 0 Å². The molecule has 0 aliphatic rings. The Balaban J connectivity index is 2.88. The van der Waals surface area contributed by atoms with E-state index in [1.165, 1.54) is 12.5 Å². The van der Waals surface area contributed by atoms with Crippen LogP contribution in [0.5, 0.6) is 0 Å². The van der Waals surface area contributed by atoms with Crippen LogP contribution >= 0.6 is 0 Å². The van der Waals surface area contributed by atoms with Crippen molar-refractivity contribution in [3.63, 3.8) is 0 Å². The quantitative estimate of drug-likeness (QED) is 0.705. The standard InChI is InChI=1S/C13H24Si2/c1-6-11-15(4,5)13-9-7-12(8-10-13)14(2)3/h7-10,14H,6,11H2,1-5H3. The van der Waals surface area contributed by atoms with Gasteiger partial charge in [-0.1, -0.05) is 80.2 Å². The fraction of sp³-hybridized carbons (Fsp3) is 0.538. The zero-order chi connectivity index (χ0) is 11.5. The van der Waals surface area contributed by atoms with Crippen LogP contribution in [0.15, 0.2) is 24.3 Å². The smallest absolute Gasteiger partial charge is 0.0682 e. The van der Waals surface area contributed by atoms with E-state index in [-0.39, 0.29) is 0 Å². The minimum Gasteiger partial charge on any atom is -0.0682 e. The molecule has 0 unspecified atom stereocenters. The predicted molar refractivity (Wildman–Crippen MR) is 77.2 cm³/mol. The topological polar surface area (TPSA) is 0 Å². The maximum atomic E-state index is 2.48. The molecule has 1 rings (SSSR count). The Labute approximate surface area is 97.3 Å². The number of rotatable bonds is 4. The SMILES string of the molecule is CCC[Si](C)(C)c1ccc([SiH](C)C)cc1. The van der Waals surface area contributed by atoms with Crippen molar-refractivity contribution in [2.24, 2.45) is 0 Å². The minimum atomic E-state index is -1.12. The van der Waals surface area contributed by atoms with Gasteiger partial charge in [0.25, 0.3) is 0 Å². The normalized spacial score (nSPS) is 12.1. The Kier molecular flexibility index (Phi) is 4.35. The van der Waals surface area contributed by atoms with E-state index in [1.807, 2.05) is 0 Å². The van der Waals surface area contributed by atoms with Crippen LogP contribution in [-0.2, 0) is 0 Å². The molecule has 0 aliphatic heterocycles. The average Bonchev–Trinajstić information content (AvgIpc) is 2.18. The van der Waals surface area contributed by atoms with E-state index in [9.17, 15) is 0 Å². The van der Waals surface area contributed by atoms with Crippen molar-refractivity contribution in [3.05, 3.63) is 24.3 Å². The van der Waals surface area contributed by atoms with Gasteiger partial charge in [-0.25, -0.2) is 0 Å². The van der Waals surface area contributed by atoms with Crippen molar-refractivity contribution >= 4 is 27.2 Å². The highest BCUT2D eigenvalue weighted by Crippen LogP contribution is 2.11. The summed E-state index contributed by atoms with van der Waals surface area (Å²) in [7, 11) is -1.73. The Bertz CT molecular complexity index is 299. The molecular formula is C13H24Si2. The molecule has 0 saturated heterocycles. The summed E-state index contributed by atoms with van der Waals surface area (Å²) in [5.41, 5.74) is 0. The molecule has 0 amide bonds. The summed E-state index contributed by atoms with van der Waals surface area (Å²) in [5, 5.41) is 3.22. The molecule has 0 atom stereocenters. The van der Waals surface area contributed by atoms with Crippen LogP contribution in [0.4, 0.5) is 0 Å². The van der Waals surface area contributed by atoms with Gasteiger partial charge in [0.05, 0.1) is 16.9 Å². The second-order valence-corrected chi connectivity index (χ2v) is 13.2. The maximum Gasteiger partial charge on any atom is 0.0806 e. The molecule has 1 aromatic carbocycles. The van der Waals surface area contributed by atoms with Gasteiger partial charge in [-0.05, 0) is 0 Å². The van der Waals surface area contributed by atoms with Crippen molar-refractivity contribution < 1.29 is 0 Å². The van der Waals surface area contributed by atoms with Crippen molar-refractivity contribution in [2.75, 3.05) is 0 Å². The molecule has 0 heterocycles. The lowest BCUT2D eigenvalue weighted by Gasteiger charge is -2.22. The first kappa shape index (κ1) is 12.7. The van der Waals surface area contributed by atoms with Crippen LogP contribution in [-0.4, -0.2) is 16.9 Å². The lowest BCUT2D eigenvalue weighted by Crippen LogP contribution is -2.41. The molecule has 0 N–H and O–H groups in total. The van der Waals surface area contributed by atoms with E-state index < -0.39 is 16.9 Å². The molecule has 0 aromatic heterocycles. The van der Waals surface area contributed by atoms with E-state index in [0.29, 0.717) is 0 Å². The molecule has 0 radical (unpaired) electrons. The van der Waals surface area contributed by atoms with E-state index in [2.05, 4.69) is 57.4 Å². The van der Waals surface area contributed by atoms with Gasteiger partial charge in [0.15, 0.2) is 0 Å². The summed E-state index contributed by atoms with van der Waals surface area (Å²) in [6, 6.07) is 10.9. The summed E-state index contributed by atoms with van der Waals surface area (Å²) < 4.78 is 0. The van der Waals surface area contributed by atoms with Crippen LogP contribution < -0.4 is 10.4 Å². The Morgan fingerprint density at radius 3 is 2.00 bits per heavy atom. The van der Waals surface area contributed by atoms with E-state index in [4.69, 9.17) is 0 Å². The minimum absolute atomic E-state index is 0.604. The Morgan fingerprint density at radius 1 is 1.07 bits per heavy atom. The van der Waals surface area contributed by atoms with E-state index >= 15 is 0 Å². The summed E-state index contributed by atoms with van der Waals surface area (Å²) in [5.74, 6) is 0. The Hall–Kier alpha value is -0.346. The molecular weight excluding hydrogens is 212 g/mol. The fourth-order valence-corrected chi connectivity index (χ4v) is 5.66. The molecule has 0 saturated carbocycles. The van der Waals surface area contributed by atoms with Gasteiger partial charge < -0.3 is 0 Å². The fourth-order valence-electron chi connectivity index (χ4n) is 2.09. The first-order chi connectivity index (χ1) is 6.97. The van der Waals surface area contributed by atoms with Crippen LogP contribution in [0, 0.1) is 0 Å². The highest BCUT2D eigenvalue weighted by molar-refractivity contribution is 6.89. The number of hydrogen-bond donors (Lipinski definition) is 0. The third kappa shape index (κ3) is 3.31. The van der Waals surface area contributed by atoms with Crippen molar-refractivity contribution in [1.82, 2.24) is 0 Å². The first-order valence-electron chi connectivity index (χ1n) is 6.08. The zero-order valence-corrected chi connectivity index (χ0v) is 13.0. The van der Waals surface area contributed by atoms with Gasteiger partial charge >= 0.3 is 0 Å². The van der Waals surface area contributed by atoms with Gasteiger partial charge in [0.1, 0.15) is 0 Å². The zero-order valence-electron chi connectivity index (χ0n) is 10.8. The van der Waals surface area contributed by atoms with Crippen LogP contribution in [0.3, 0.4) is 0 Å². The summed E-state index contributed by atoms with van der Waals surface area (Å²) >= 11 is 0. The number of benzene rings is 1. The van der Waals surface area contributed by atoms with Gasteiger partial charge in [0, 0.05) is 0 Å². The van der Waals surface area contributed by atoms with Gasteiger partial charge in [0.2, 0.25) is 0 Å². The predicted octanol–water partition coefficient (Wildman–Crippen LogP) is 2.71. The van der Waals surface area contributed by atoms with E-state index in [1.54, 1.807) is 10.4 Å². The molecule has 84 valence electrons. The Morgan fingerprint density at radius 2 is 1.60 bits per heavy atom. The third-order valence-electron chi connectivity index (χ3n) is 3.23. The summed E-state index contributed by atoms with van der Waals surface area (Å²) in [6.45, 7) is 12.0. The van der Waals surface area contributed by atoms with Crippen LogP contribution in [0.2, 0.25) is 32.2 Å². The highest BCUT2D eigenvalue weighted by Gasteiger charge is 2.21.